The van der Waals surface area contributed by atoms with E-state index in [2.05, 4.69) is 0 Å². The van der Waals surface area contributed by atoms with Gasteiger partial charge in [0.15, 0.2) is 0 Å². The van der Waals surface area contributed by atoms with E-state index in [0.717, 1.165) is 30.1 Å². The minimum Gasteiger partial charge on any atom is -0.480 e. The molecule has 17 heavy (non-hydrogen) atoms. The number of carboxylic acids is 1. The van der Waals surface area contributed by atoms with Gasteiger partial charge in [0.05, 0.1) is 12.0 Å². The zero-order chi connectivity index (χ0) is 12.7. The lowest BCUT2D eigenvalue weighted by Crippen LogP contribution is -2.44. The smallest absolute Gasteiger partial charge is 0.323 e. The van der Waals surface area contributed by atoms with E-state index < -0.39 is 11.5 Å². The Morgan fingerprint density at radius 1 is 1.59 bits per heavy atom. The SMILES string of the molecule is CC(N)(CCCCSCc1ccco1)C(=O)O. The Hall–Kier alpha value is -0.940. The summed E-state index contributed by atoms with van der Waals surface area (Å²) in [7, 11) is 0. The molecule has 0 radical (unpaired) electrons. The molecule has 0 aromatic carbocycles. The molecule has 0 saturated heterocycles. The van der Waals surface area contributed by atoms with Crippen LogP contribution in [0.15, 0.2) is 22.8 Å². The van der Waals surface area contributed by atoms with Crippen molar-refractivity contribution < 1.29 is 14.3 Å². The molecule has 4 nitrogen and oxygen atoms in total. The van der Waals surface area contributed by atoms with Crippen molar-refractivity contribution in [3.63, 3.8) is 0 Å². The first-order valence-corrected chi connectivity index (χ1v) is 6.80. The highest BCUT2D eigenvalue weighted by atomic mass is 32.2. The lowest BCUT2D eigenvalue weighted by molar-refractivity contribution is -0.142. The summed E-state index contributed by atoms with van der Waals surface area (Å²) < 4.78 is 5.21. The van der Waals surface area contributed by atoms with E-state index in [0.29, 0.717) is 6.42 Å². The normalized spacial score (nSPS) is 14.5. The molecule has 5 heteroatoms. The fourth-order valence-corrected chi connectivity index (χ4v) is 2.29. The molecule has 1 unspecified atom stereocenters. The van der Waals surface area contributed by atoms with E-state index in [-0.39, 0.29) is 0 Å². The number of unbranched alkanes of at least 4 members (excludes halogenated alkanes) is 1. The fourth-order valence-electron chi connectivity index (χ4n) is 1.37. The molecule has 0 bridgehead atoms. The Morgan fingerprint density at radius 3 is 2.94 bits per heavy atom. The van der Waals surface area contributed by atoms with Gasteiger partial charge in [-0.3, -0.25) is 4.79 Å². The van der Waals surface area contributed by atoms with Crippen LogP contribution in [0.1, 0.15) is 31.9 Å². The van der Waals surface area contributed by atoms with E-state index in [9.17, 15) is 4.79 Å². The summed E-state index contributed by atoms with van der Waals surface area (Å²) in [6.07, 6.45) is 4.00. The molecule has 0 spiro atoms. The van der Waals surface area contributed by atoms with E-state index in [1.165, 1.54) is 0 Å². The number of aliphatic carboxylic acids is 1. The van der Waals surface area contributed by atoms with Crippen LogP contribution in [-0.2, 0) is 10.5 Å². The Bertz CT molecular complexity index is 336. The molecule has 0 aliphatic heterocycles. The Balaban J connectivity index is 2.03. The summed E-state index contributed by atoms with van der Waals surface area (Å²) in [6.45, 7) is 1.56. The summed E-state index contributed by atoms with van der Waals surface area (Å²) in [5.74, 6) is 1.91. The maximum Gasteiger partial charge on any atom is 0.323 e. The van der Waals surface area contributed by atoms with Crippen molar-refractivity contribution in [2.75, 3.05) is 5.75 Å². The average Bonchev–Trinajstić information content (AvgIpc) is 2.75. The zero-order valence-electron chi connectivity index (χ0n) is 10.0. The highest BCUT2D eigenvalue weighted by Crippen LogP contribution is 2.16. The van der Waals surface area contributed by atoms with Gasteiger partial charge in [-0.2, -0.15) is 11.8 Å². The van der Waals surface area contributed by atoms with Crippen LogP contribution in [0.25, 0.3) is 0 Å². The molecule has 3 N–H and O–H groups in total. The van der Waals surface area contributed by atoms with Crippen LogP contribution in [0.3, 0.4) is 0 Å². The minimum atomic E-state index is -1.09. The van der Waals surface area contributed by atoms with Gasteiger partial charge >= 0.3 is 5.97 Å². The first kappa shape index (κ1) is 14.1. The summed E-state index contributed by atoms with van der Waals surface area (Å²) in [5.41, 5.74) is 4.54. The monoisotopic (exact) mass is 257 g/mol. The molecule has 96 valence electrons. The molecule has 1 rings (SSSR count). The average molecular weight is 257 g/mol. The van der Waals surface area contributed by atoms with Gasteiger partial charge in [-0.15, -0.1) is 0 Å². The first-order chi connectivity index (χ1) is 8.02. The summed E-state index contributed by atoms with van der Waals surface area (Å²) in [5, 5.41) is 8.83. The van der Waals surface area contributed by atoms with Crippen molar-refractivity contribution in [3.8, 4) is 0 Å². The number of carboxylic acid groups (broad SMARTS) is 1. The maximum atomic E-state index is 10.8. The molecular formula is C12H19NO3S. The van der Waals surface area contributed by atoms with Gasteiger partial charge in [-0.1, -0.05) is 6.42 Å². The maximum absolute atomic E-state index is 10.8. The Morgan fingerprint density at radius 2 is 2.35 bits per heavy atom. The molecule has 0 fully saturated rings. The van der Waals surface area contributed by atoms with E-state index in [4.69, 9.17) is 15.3 Å². The topological polar surface area (TPSA) is 76.5 Å². The van der Waals surface area contributed by atoms with E-state index in [1.54, 1.807) is 24.9 Å². The molecule has 1 atom stereocenters. The summed E-state index contributed by atoms with van der Waals surface area (Å²) in [6, 6.07) is 3.83. The van der Waals surface area contributed by atoms with Crippen LogP contribution in [0, 0.1) is 0 Å². The number of nitrogens with two attached hydrogens (primary N) is 1. The van der Waals surface area contributed by atoms with Gasteiger partial charge in [0.25, 0.3) is 0 Å². The van der Waals surface area contributed by atoms with Crippen LogP contribution in [0.4, 0.5) is 0 Å². The van der Waals surface area contributed by atoms with Crippen molar-refractivity contribution in [2.24, 2.45) is 5.73 Å². The highest BCUT2D eigenvalue weighted by Gasteiger charge is 2.26. The van der Waals surface area contributed by atoms with Gasteiger partial charge in [-0.25, -0.2) is 0 Å². The quantitative estimate of drug-likeness (QED) is 0.700. The molecule has 1 heterocycles. The number of furan rings is 1. The van der Waals surface area contributed by atoms with Gasteiger partial charge < -0.3 is 15.3 Å². The fraction of sp³-hybridized carbons (Fsp3) is 0.583. The third-order valence-corrected chi connectivity index (χ3v) is 3.61. The third-order valence-electron chi connectivity index (χ3n) is 2.55. The van der Waals surface area contributed by atoms with Gasteiger partial charge in [-0.05, 0) is 37.7 Å². The van der Waals surface area contributed by atoms with Crippen molar-refractivity contribution in [1.29, 1.82) is 0 Å². The third kappa shape index (κ3) is 5.28. The molecule has 0 amide bonds. The van der Waals surface area contributed by atoms with Crippen molar-refractivity contribution in [1.82, 2.24) is 0 Å². The molecule has 1 aromatic rings. The second-order valence-electron chi connectivity index (χ2n) is 4.31. The predicted molar refractivity (Wildman–Crippen MR) is 68.9 cm³/mol. The van der Waals surface area contributed by atoms with Crippen LogP contribution in [0.2, 0.25) is 0 Å². The number of hydrogen-bond donors (Lipinski definition) is 2. The largest absolute Gasteiger partial charge is 0.480 e. The highest BCUT2D eigenvalue weighted by molar-refractivity contribution is 7.98. The number of hydrogen-bond acceptors (Lipinski definition) is 4. The number of carbonyl (C=O) groups is 1. The van der Waals surface area contributed by atoms with Gasteiger partial charge in [0, 0.05) is 0 Å². The van der Waals surface area contributed by atoms with Crippen molar-refractivity contribution in [3.05, 3.63) is 24.2 Å². The van der Waals surface area contributed by atoms with E-state index >= 15 is 0 Å². The van der Waals surface area contributed by atoms with Crippen LogP contribution in [0.5, 0.6) is 0 Å². The molecule has 1 aromatic heterocycles. The van der Waals surface area contributed by atoms with Crippen molar-refractivity contribution in [2.45, 2.75) is 37.5 Å². The van der Waals surface area contributed by atoms with Gasteiger partial charge in [0.2, 0.25) is 0 Å². The standard InChI is InChI=1S/C12H19NO3S/c1-12(13,11(14)15)6-2-3-8-17-9-10-5-4-7-16-10/h4-5,7H,2-3,6,8-9,13H2,1H3,(H,14,15). The number of rotatable bonds is 8. The second-order valence-corrected chi connectivity index (χ2v) is 5.42. The lowest BCUT2D eigenvalue weighted by atomic mass is 9.97. The van der Waals surface area contributed by atoms with E-state index in [1.807, 2.05) is 12.1 Å². The van der Waals surface area contributed by atoms with Gasteiger partial charge in [0.1, 0.15) is 11.3 Å². The van der Waals surface area contributed by atoms with Crippen LogP contribution in [-0.4, -0.2) is 22.4 Å². The first-order valence-electron chi connectivity index (χ1n) is 5.65. The van der Waals surface area contributed by atoms with Crippen LogP contribution >= 0.6 is 11.8 Å². The molecule has 0 aliphatic rings. The molecule has 0 aliphatic carbocycles. The Kier molecular flexibility index (Phi) is 5.58. The predicted octanol–water partition coefficient (Wildman–Crippen LogP) is 2.49. The number of thioether (sulfide) groups is 1. The van der Waals surface area contributed by atoms with Crippen molar-refractivity contribution >= 4 is 17.7 Å². The minimum absolute atomic E-state index is 0.518. The second kappa shape index (κ2) is 6.71. The molecular weight excluding hydrogens is 238 g/mol. The summed E-state index contributed by atoms with van der Waals surface area (Å²) in [4.78, 5) is 10.8. The van der Waals surface area contributed by atoms with Crippen LogP contribution < -0.4 is 5.73 Å². The molecule has 0 saturated carbocycles. The lowest BCUT2D eigenvalue weighted by Gasteiger charge is -2.18. The Labute approximate surface area is 106 Å². The summed E-state index contributed by atoms with van der Waals surface area (Å²) >= 11 is 1.79. The zero-order valence-corrected chi connectivity index (χ0v) is 10.8.